The van der Waals surface area contributed by atoms with Crippen LogP contribution in [-0.2, 0) is 16.9 Å². The Hall–Kier alpha value is -3.35. The lowest BCUT2D eigenvalue weighted by Gasteiger charge is -2.25. The van der Waals surface area contributed by atoms with E-state index in [2.05, 4.69) is 25.6 Å². The van der Waals surface area contributed by atoms with Crippen molar-refractivity contribution in [2.24, 2.45) is 0 Å². The molecular weight excluding hydrogens is 357 g/mol. The van der Waals surface area contributed by atoms with Gasteiger partial charge in [-0.15, -0.1) is 0 Å². The maximum atomic E-state index is 14.0. The van der Waals surface area contributed by atoms with Gasteiger partial charge >= 0.3 is 0 Å². The summed E-state index contributed by atoms with van der Waals surface area (Å²) < 4.78 is 14.0. The molecule has 28 heavy (non-hydrogen) atoms. The van der Waals surface area contributed by atoms with Crippen molar-refractivity contribution in [3.8, 4) is 11.1 Å². The van der Waals surface area contributed by atoms with E-state index in [1.54, 1.807) is 24.7 Å². The van der Waals surface area contributed by atoms with Crippen molar-refractivity contribution < 1.29 is 9.18 Å². The molecule has 0 fully saturated rings. The van der Waals surface area contributed by atoms with Gasteiger partial charge in [-0.1, -0.05) is 24.3 Å². The highest BCUT2D eigenvalue weighted by Gasteiger charge is 2.26. The maximum Gasteiger partial charge on any atom is 0.223 e. The van der Waals surface area contributed by atoms with Gasteiger partial charge in [0.05, 0.1) is 5.54 Å². The van der Waals surface area contributed by atoms with Gasteiger partial charge in [-0.3, -0.25) is 9.78 Å². The van der Waals surface area contributed by atoms with Crippen LogP contribution in [0.2, 0.25) is 0 Å². The van der Waals surface area contributed by atoms with Gasteiger partial charge < -0.3 is 10.6 Å². The lowest BCUT2D eigenvalue weighted by Crippen LogP contribution is -2.31. The zero-order chi connectivity index (χ0) is 20.1. The van der Waals surface area contributed by atoms with Crippen molar-refractivity contribution in [1.82, 2.24) is 20.3 Å². The van der Waals surface area contributed by atoms with Crippen LogP contribution in [0.5, 0.6) is 0 Å². The Morgan fingerprint density at radius 2 is 1.71 bits per heavy atom. The summed E-state index contributed by atoms with van der Waals surface area (Å²) in [7, 11) is 0. The summed E-state index contributed by atoms with van der Waals surface area (Å²) in [4.78, 5) is 23.8. The molecule has 0 bridgehead atoms. The standard InChI is InChI=1S/C21H22FN5O/c1-14(28)24-11-15-6-8-16(9-7-15)17-12-25-20(26-13-17)27-21(2,3)19-18(22)5-4-10-23-19/h4-10,12-13H,11H2,1-3H3,(H,24,28)(H,25,26,27). The van der Waals surface area contributed by atoms with E-state index in [9.17, 15) is 9.18 Å². The fraction of sp³-hybridized carbons (Fsp3) is 0.238. The number of amides is 1. The number of anilines is 1. The number of carbonyl (C=O) groups excluding carboxylic acids is 1. The molecule has 0 atom stereocenters. The van der Waals surface area contributed by atoms with Gasteiger partial charge in [0.15, 0.2) is 0 Å². The summed E-state index contributed by atoms with van der Waals surface area (Å²) in [6.07, 6.45) is 4.98. The second-order valence-electron chi connectivity index (χ2n) is 6.99. The predicted molar refractivity (Wildman–Crippen MR) is 106 cm³/mol. The second-order valence-corrected chi connectivity index (χ2v) is 6.99. The summed E-state index contributed by atoms with van der Waals surface area (Å²) >= 11 is 0. The molecule has 7 heteroatoms. The third-order valence-corrected chi connectivity index (χ3v) is 4.26. The molecule has 3 rings (SSSR count). The Labute approximate surface area is 163 Å². The van der Waals surface area contributed by atoms with Crippen molar-refractivity contribution in [2.75, 3.05) is 5.32 Å². The quantitative estimate of drug-likeness (QED) is 0.683. The number of aromatic nitrogens is 3. The molecule has 1 aromatic carbocycles. The van der Waals surface area contributed by atoms with Crippen molar-refractivity contribution in [1.29, 1.82) is 0 Å². The van der Waals surface area contributed by atoms with Crippen LogP contribution in [0.25, 0.3) is 11.1 Å². The summed E-state index contributed by atoms with van der Waals surface area (Å²) in [5.74, 6) is -0.0499. The van der Waals surface area contributed by atoms with Crippen molar-refractivity contribution in [2.45, 2.75) is 32.9 Å². The first-order valence-electron chi connectivity index (χ1n) is 8.90. The van der Waals surface area contributed by atoms with Crippen LogP contribution in [0.3, 0.4) is 0 Å². The van der Waals surface area contributed by atoms with E-state index in [1.807, 2.05) is 38.1 Å². The monoisotopic (exact) mass is 379 g/mol. The molecule has 1 amide bonds. The van der Waals surface area contributed by atoms with Crippen molar-refractivity contribution in [3.05, 3.63) is 72.1 Å². The van der Waals surface area contributed by atoms with Crippen molar-refractivity contribution >= 4 is 11.9 Å². The van der Waals surface area contributed by atoms with Crippen LogP contribution >= 0.6 is 0 Å². The molecule has 0 saturated carbocycles. The molecule has 0 saturated heterocycles. The van der Waals surface area contributed by atoms with E-state index < -0.39 is 5.54 Å². The van der Waals surface area contributed by atoms with Crippen LogP contribution in [0.15, 0.2) is 55.0 Å². The van der Waals surface area contributed by atoms with E-state index in [0.717, 1.165) is 16.7 Å². The predicted octanol–water partition coefficient (Wildman–Crippen LogP) is 3.66. The summed E-state index contributed by atoms with van der Waals surface area (Å²) in [6, 6.07) is 10.7. The molecule has 0 unspecified atom stereocenters. The Morgan fingerprint density at radius 1 is 1.04 bits per heavy atom. The SMILES string of the molecule is CC(=O)NCc1ccc(-c2cnc(NC(C)(C)c3ncccc3F)nc2)cc1. The minimum atomic E-state index is -0.766. The number of pyridine rings is 1. The van der Waals surface area contributed by atoms with Gasteiger partial charge in [0.2, 0.25) is 11.9 Å². The Kier molecular flexibility index (Phi) is 5.63. The number of carbonyl (C=O) groups is 1. The second kappa shape index (κ2) is 8.12. The van der Waals surface area contributed by atoms with Crippen LogP contribution in [-0.4, -0.2) is 20.9 Å². The first-order chi connectivity index (χ1) is 13.3. The Balaban J connectivity index is 1.71. The number of hydrogen-bond acceptors (Lipinski definition) is 5. The topological polar surface area (TPSA) is 79.8 Å². The molecule has 0 aliphatic rings. The summed E-state index contributed by atoms with van der Waals surface area (Å²) in [5.41, 5.74) is 2.37. The molecule has 3 aromatic rings. The van der Waals surface area contributed by atoms with Crippen molar-refractivity contribution in [3.63, 3.8) is 0 Å². The normalized spacial score (nSPS) is 11.1. The van der Waals surface area contributed by atoms with E-state index in [-0.39, 0.29) is 11.7 Å². The van der Waals surface area contributed by atoms with Crippen LogP contribution in [0, 0.1) is 5.82 Å². The molecule has 0 aliphatic heterocycles. The van der Waals surface area contributed by atoms with E-state index in [4.69, 9.17) is 0 Å². The summed E-state index contributed by atoms with van der Waals surface area (Å²) in [5, 5.41) is 5.89. The van der Waals surface area contributed by atoms with E-state index >= 15 is 0 Å². The number of nitrogens with zero attached hydrogens (tertiary/aromatic N) is 3. The van der Waals surface area contributed by atoms with Gasteiger partial charge in [-0.2, -0.15) is 0 Å². The number of nitrogens with one attached hydrogen (secondary N) is 2. The Bertz CT molecular complexity index is 955. The maximum absolute atomic E-state index is 14.0. The van der Waals surface area contributed by atoms with Gasteiger partial charge in [-0.25, -0.2) is 14.4 Å². The van der Waals surface area contributed by atoms with Crippen LogP contribution in [0.4, 0.5) is 10.3 Å². The molecule has 2 N–H and O–H groups in total. The molecule has 144 valence electrons. The average Bonchev–Trinajstić information content (AvgIpc) is 2.67. The Morgan fingerprint density at radius 3 is 2.32 bits per heavy atom. The fourth-order valence-electron chi connectivity index (χ4n) is 2.77. The van der Waals surface area contributed by atoms with Gasteiger partial charge in [-0.05, 0) is 37.1 Å². The first-order valence-corrected chi connectivity index (χ1v) is 8.90. The lowest BCUT2D eigenvalue weighted by atomic mass is 9.99. The number of benzene rings is 1. The lowest BCUT2D eigenvalue weighted by molar-refractivity contribution is -0.119. The summed E-state index contributed by atoms with van der Waals surface area (Å²) in [6.45, 7) is 5.63. The molecule has 2 aromatic heterocycles. The third kappa shape index (κ3) is 4.68. The smallest absolute Gasteiger partial charge is 0.223 e. The highest BCUT2D eigenvalue weighted by molar-refractivity contribution is 5.72. The molecule has 0 aliphatic carbocycles. The minimum Gasteiger partial charge on any atom is -0.352 e. The zero-order valence-electron chi connectivity index (χ0n) is 16.0. The minimum absolute atomic E-state index is 0.0610. The van der Waals surface area contributed by atoms with Gasteiger partial charge in [0, 0.05) is 37.6 Å². The molecule has 0 radical (unpaired) electrons. The largest absolute Gasteiger partial charge is 0.352 e. The first kappa shape index (κ1) is 19.4. The van der Waals surface area contributed by atoms with Gasteiger partial charge in [0.25, 0.3) is 0 Å². The highest BCUT2D eigenvalue weighted by atomic mass is 19.1. The fourth-order valence-corrected chi connectivity index (χ4v) is 2.77. The number of halogens is 1. The van der Waals surface area contributed by atoms with Crippen LogP contribution < -0.4 is 10.6 Å². The number of hydrogen-bond donors (Lipinski definition) is 2. The third-order valence-electron chi connectivity index (χ3n) is 4.26. The number of rotatable bonds is 6. The molecule has 6 nitrogen and oxygen atoms in total. The zero-order valence-corrected chi connectivity index (χ0v) is 16.0. The highest BCUT2D eigenvalue weighted by Crippen LogP contribution is 2.25. The van der Waals surface area contributed by atoms with Gasteiger partial charge in [0.1, 0.15) is 11.5 Å². The molecule has 2 heterocycles. The molecule has 0 spiro atoms. The van der Waals surface area contributed by atoms with Crippen LogP contribution in [0.1, 0.15) is 32.0 Å². The van der Waals surface area contributed by atoms with E-state index in [0.29, 0.717) is 18.2 Å². The molecular formula is C21H22FN5O. The average molecular weight is 379 g/mol. The van der Waals surface area contributed by atoms with E-state index in [1.165, 1.54) is 13.0 Å².